The van der Waals surface area contributed by atoms with Crippen LogP contribution in [0.15, 0.2) is 0 Å². The molecule has 110 valence electrons. The van der Waals surface area contributed by atoms with E-state index in [2.05, 4.69) is 0 Å². The van der Waals surface area contributed by atoms with Gasteiger partial charge in [0.1, 0.15) is 0 Å². The van der Waals surface area contributed by atoms with Crippen LogP contribution in [0.5, 0.6) is 0 Å². The van der Waals surface area contributed by atoms with E-state index in [1.54, 1.807) is 4.90 Å². The van der Waals surface area contributed by atoms with E-state index in [0.29, 0.717) is 18.9 Å². The highest BCUT2D eigenvalue weighted by atomic mass is 16.4. The van der Waals surface area contributed by atoms with Crippen LogP contribution in [0.4, 0.5) is 0 Å². The molecule has 1 N–H and O–H groups in total. The zero-order chi connectivity index (χ0) is 14.5. The maximum Gasteiger partial charge on any atom is 0.310 e. The second kappa shape index (κ2) is 6.92. The van der Waals surface area contributed by atoms with Gasteiger partial charge in [-0.05, 0) is 25.7 Å². The topological polar surface area (TPSA) is 57.6 Å². The Kier molecular flexibility index (Phi) is 5.83. The standard InChI is InChI=1S/C15H27NO3/c1-4-15(5-2,14(18)19)11-13(17)16(3)12-9-7-6-8-10-12/h12H,4-11H2,1-3H3,(H,18,19). The molecule has 19 heavy (non-hydrogen) atoms. The summed E-state index contributed by atoms with van der Waals surface area (Å²) in [6.45, 7) is 3.71. The van der Waals surface area contributed by atoms with Crippen molar-refractivity contribution in [3.63, 3.8) is 0 Å². The Morgan fingerprint density at radius 2 is 1.68 bits per heavy atom. The largest absolute Gasteiger partial charge is 0.481 e. The fourth-order valence-corrected chi connectivity index (χ4v) is 2.96. The Bertz CT molecular complexity index is 317. The molecule has 1 saturated carbocycles. The summed E-state index contributed by atoms with van der Waals surface area (Å²) < 4.78 is 0. The highest BCUT2D eigenvalue weighted by Gasteiger charge is 2.38. The zero-order valence-electron chi connectivity index (χ0n) is 12.4. The van der Waals surface area contributed by atoms with E-state index in [9.17, 15) is 14.7 Å². The monoisotopic (exact) mass is 269 g/mol. The lowest BCUT2D eigenvalue weighted by Gasteiger charge is -2.34. The normalized spacial score (nSPS) is 17.2. The molecular formula is C15H27NO3. The molecule has 0 unspecified atom stereocenters. The Morgan fingerprint density at radius 3 is 2.11 bits per heavy atom. The van der Waals surface area contributed by atoms with Crippen LogP contribution >= 0.6 is 0 Å². The number of amides is 1. The number of carbonyl (C=O) groups is 2. The van der Waals surface area contributed by atoms with Crippen LogP contribution < -0.4 is 0 Å². The first-order chi connectivity index (χ1) is 8.96. The Hall–Kier alpha value is -1.06. The van der Waals surface area contributed by atoms with E-state index in [1.165, 1.54) is 19.3 Å². The minimum atomic E-state index is -0.889. The molecule has 4 nitrogen and oxygen atoms in total. The fraction of sp³-hybridized carbons (Fsp3) is 0.867. The molecule has 0 heterocycles. The summed E-state index contributed by atoms with van der Waals surface area (Å²) >= 11 is 0. The number of carboxylic acids is 1. The fourth-order valence-electron chi connectivity index (χ4n) is 2.96. The van der Waals surface area contributed by atoms with Crippen molar-refractivity contribution >= 4 is 11.9 Å². The average Bonchev–Trinajstić information content (AvgIpc) is 2.44. The second-order valence-electron chi connectivity index (χ2n) is 5.77. The number of carboxylic acid groups (broad SMARTS) is 1. The highest BCUT2D eigenvalue weighted by molar-refractivity contribution is 5.85. The number of rotatable bonds is 6. The molecule has 0 aromatic rings. The quantitative estimate of drug-likeness (QED) is 0.806. The third-order valence-electron chi connectivity index (χ3n) is 4.81. The van der Waals surface area contributed by atoms with Crippen molar-refractivity contribution < 1.29 is 14.7 Å². The van der Waals surface area contributed by atoms with Gasteiger partial charge >= 0.3 is 5.97 Å². The van der Waals surface area contributed by atoms with Crippen LogP contribution in [0.3, 0.4) is 0 Å². The summed E-state index contributed by atoms with van der Waals surface area (Å²) in [7, 11) is 1.83. The van der Waals surface area contributed by atoms with Crippen molar-refractivity contribution in [2.45, 2.75) is 71.3 Å². The van der Waals surface area contributed by atoms with Crippen LogP contribution in [0, 0.1) is 5.41 Å². The summed E-state index contributed by atoms with van der Waals surface area (Å²) in [4.78, 5) is 25.6. The van der Waals surface area contributed by atoms with E-state index in [0.717, 1.165) is 12.8 Å². The molecule has 0 spiro atoms. The first-order valence-electron chi connectivity index (χ1n) is 7.46. The Morgan fingerprint density at radius 1 is 1.16 bits per heavy atom. The van der Waals surface area contributed by atoms with Crippen LogP contribution in [-0.2, 0) is 9.59 Å². The van der Waals surface area contributed by atoms with Crippen molar-refractivity contribution in [2.75, 3.05) is 7.05 Å². The average molecular weight is 269 g/mol. The van der Waals surface area contributed by atoms with Crippen LogP contribution in [-0.4, -0.2) is 35.0 Å². The summed E-state index contributed by atoms with van der Waals surface area (Å²) in [5, 5.41) is 9.39. The van der Waals surface area contributed by atoms with Gasteiger partial charge in [0.25, 0.3) is 0 Å². The molecule has 0 radical (unpaired) electrons. The molecule has 0 aliphatic heterocycles. The van der Waals surface area contributed by atoms with Gasteiger partial charge < -0.3 is 10.0 Å². The maximum atomic E-state index is 12.3. The van der Waals surface area contributed by atoms with Gasteiger partial charge in [-0.3, -0.25) is 9.59 Å². The third kappa shape index (κ3) is 3.71. The van der Waals surface area contributed by atoms with Gasteiger partial charge in [-0.15, -0.1) is 0 Å². The van der Waals surface area contributed by atoms with Crippen LogP contribution in [0.2, 0.25) is 0 Å². The minimum absolute atomic E-state index is 0.0157. The van der Waals surface area contributed by atoms with Gasteiger partial charge in [-0.2, -0.15) is 0 Å². The molecular weight excluding hydrogens is 242 g/mol. The number of hydrogen-bond acceptors (Lipinski definition) is 2. The van der Waals surface area contributed by atoms with E-state index in [1.807, 2.05) is 20.9 Å². The summed E-state index contributed by atoms with van der Waals surface area (Å²) in [6.07, 6.45) is 6.85. The van der Waals surface area contributed by atoms with Gasteiger partial charge in [0, 0.05) is 19.5 Å². The number of aliphatic carboxylic acids is 1. The second-order valence-corrected chi connectivity index (χ2v) is 5.77. The lowest BCUT2D eigenvalue weighted by atomic mass is 9.78. The first kappa shape index (κ1) is 16.0. The van der Waals surface area contributed by atoms with E-state index < -0.39 is 11.4 Å². The van der Waals surface area contributed by atoms with Crippen LogP contribution in [0.1, 0.15) is 65.2 Å². The van der Waals surface area contributed by atoms with Gasteiger partial charge in [-0.1, -0.05) is 33.1 Å². The molecule has 1 fully saturated rings. The lowest BCUT2D eigenvalue weighted by molar-refractivity contribution is -0.154. The van der Waals surface area contributed by atoms with Crippen LogP contribution in [0.25, 0.3) is 0 Å². The zero-order valence-corrected chi connectivity index (χ0v) is 12.4. The molecule has 1 amide bonds. The highest BCUT2D eigenvalue weighted by Crippen LogP contribution is 2.32. The van der Waals surface area contributed by atoms with Gasteiger partial charge in [0.15, 0.2) is 0 Å². The third-order valence-corrected chi connectivity index (χ3v) is 4.81. The van der Waals surface area contributed by atoms with Crippen molar-refractivity contribution in [1.29, 1.82) is 0 Å². The molecule has 0 aromatic carbocycles. The smallest absolute Gasteiger partial charge is 0.310 e. The SMILES string of the molecule is CCC(CC)(CC(=O)N(C)C1CCCCC1)C(=O)O. The van der Waals surface area contributed by atoms with Gasteiger partial charge in [0.05, 0.1) is 5.41 Å². The minimum Gasteiger partial charge on any atom is -0.481 e. The van der Waals surface area contributed by atoms with Gasteiger partial charge in [0.2, 0.25) is 5.91 Å². The number of hydrogen-bond donors (Lipinski definition) is 1. The summed E-state index contributed by atoms with van der Waals surface area (Å²) in [5.74, 6) is -0.860. The van der Waals surface area contributed by atoms with Crippen molar-refractivity contribution in [2.24, 2.45) is 5.41 Å². The van der Waals surface area contributed by atoms with Crippen molar-refractivity contribution in [1.82, 2.24) is 4.90 Å². The molecule has 1 rings (SSSR count). The molecule has 0 atom stereocenters. The summed E-state index contributed by atoms with van der Waals surface area (Å²) in [5.41, 5.74) is -0.889. The number of nitrogens with zero attached hydrogens (tertiary/aromatic N) is 1. The molecule has 0 bridgehead atoms. The predicted octanol–water partition coefficient (Wildman–Crippen LogP) is 3.06. The molecule has 4 heteroatoms. The number of carbonyl (C=O) groups excluding carboxylic acids is 1. The predicted molar refractivity (Wildman–Crippen MR) is 74.9 cm³/mol. The molecule has 1 aliphatic carbocycles. The maximum absolute atomic E-state index is 12.3. The van der Waals surface area contributed by atoms with E-state index in [4.69, 9.17) is 0 Å². The summed E-state index contributed by atoms with van der Waals surface area (Å²) in [6, 6.07) is 0.307. The van der Waals surface area contributed by atoms with E-state index in [-0.39, 0.29) is 12.3 Å². The Balaban J connectivity index is 2.68. The first-order valence-corrected chi connectivity index (χ1v) is 7.46. The molecule has 1 aliphatic rings. The van der Waals surface area contributed by atoms with E-state index >= 15 is 0 Å². The van der Waals surface area contributed by atoms with Crippen molar-refractivity contribution in [3.8, 4) is 0 Å². The van der Waals surface area contributed by atoms with Gasteiger partial charge in [-0.25, -0.2) is 0 Å². The Labute approximate surface area is 116 Å². The van der Waals surface area contributed by atoms with Crippen molar-refractivity contribution in [3.05, 3.63) is 0 Å². The molecule has 0 saturated heterocycles. The molecule has 0 aromatic heterocycles. The lowest BCUT2D eigenvalue weighted by Crippen LogP contribution is -2.42.